The Morgan fingerprint density at radius 3 is 1.71 bits per heavy atom. The van der Waals surface area contributed by atoms with E-state index in [1.54, 1.807) is 38.5 Å². The number of benzene rings is 2. The summed E-state index contributed by atoms with van der Waals surface area (Å²) in [7, 11) is 3.18. The average molecular weight is 628 g/mol. The fraction of sp³-hybridized carbons (Fsp3) is 0.452. The zero-order valence-electron chi connectivity index (χ0n) is 25.3. The van der Waals surface area contributed by atoms with Crippen molar-refractivity contribution in [3.8, 4) is 11.1 Å². The van der Waals surface area contributed by atoms with Gasteiger partial charge in [0.25, 0.3) is 11.8 Å². The lowest BCUT2D eigenvalue weighted by Gasteiger charge is -2.17. The largest absolute Gasteiger partial charge is 0.533 e. The van der Waals surface area contributed by atoms with Gasteiger partial charge in [-0.2, -0.15) is 0 Å². The van der Waals surface area contributed by atoms with Crippen LogP contribution in [0.4, 0.5) is 16.2 Å². The molecule has 45 heavy (non-hydrogen) atoms. The summed E-state index contributed by atoms with van der Waals surface area (Å²) in [4.78, 5) is 66.0. The Bertz CT molecular complexity index is 1300. The van der Waals surface area contributed by atoms with Crippen molar-refractivity contribution < 1.29 is 52.5 Å². The van der Waals surface area contributed by atoms with Gasteiger partial charge < -0.3 is 34.3 Å². The monoisotopic (exact) mass is 627 g/mol. The van der Waals surface area contributed by atoms with Gasteiger partial charge in [0.2, 0.25) is 11.8 Å². The number of ether oxygens (including phenoxy) is 5. The molecule has 1 heterocycles. The second-order valence-electron chi connectivity index (χ2n) is 10.3. The molecule has 0 aromatic heterocycles. The van der Waals surface area contributed by atoms with Crippen LogP contribution >= 0.6 is 0 Å². The highest BCUT2D eigenvalue weighted by Crippen LogP contribution is 2.47. The Balaban J connectivity index is 1.47. The average Bonchev–Trinajstić information content (AvgIpc) is 3.50. The molecule has 1 aliphatic heterocycles. The van der Waals surface area contributed by atoms with Gasteiger partial charge in [-0.15, -0.1) is 0 Å². The summed E-state index contributed by atoms with van der Waals surface area (Å²) in [6.07, 6.45) is 0.0203. The number of nitrogens with zero attached hydrogens (tertiary/aromatic N) is 1. The molecule has 2 N–H and O–H groups in total. The van der Waals surface area contributed by atoms with Crippen molar-refractivity contribution in [2.45, 2.75) is 31.6 Å². The minimum atomic E-state index is -1.21. The smallest absolute Gasteiger partial charge is 0.432 e. The Morgan fingerprint density at radius 2 is 1.24 bits per heavy atom. The predicted molar refractivity (Wildman–Crippen MR) is 159 cm³/mol. The number of anilines is 2. The normalized spacial score (nSPS) is 13.9. The zero-order valence-corrected chi connectivity index (χ0v) is 25.3. The van der Waals surface area contributed by atoms with E-state index in [2.05, 4.69) is 10.6 Å². The second kappa shape index (κ2) is 16.6. The van der Waals surface area contributed by atoms with E-state index >= 15 is 0 Å². The first-order chi connectivity index (χ1) is 21.8. The van der Waals surface area contributed by atoms with Crippen LogP contribution < -0.4 is 10.6 Å². The first-order valence-corrected chi connectivity index (χ1v) is 14.5. The molecule has 242 valence electrons. The molecule has 4 amide bonds. The number of rotatable bonds is 17. The molecule has 0 bridgehead atoms. The predicted octanol–water partition coefficient (Wildman–Crippen LogP) is 3.00. The van der Waals surface area contributed by atoms with Crippen molar-refractivity contribution in [1.29, 1.82) is 0 Å². The van der Waals surface area contributed by atoms with E-state index in [0.29, 0.717) is 55.7 Å². The lowest BCUT2D eigenvalue weighted by Crippen LogP contribution is -2.32. The number of amides is 4. The maximum Gasteiger partial charge on any atom is 0.533 e. The van der Waals surface area contributed by atoms with Gasteiger partial charge in [0.15, 0.2) is 0 Å². The van der Waals surface area contributed by atoms with Gasteiger partial charge in [0, 0.05) is 70.8 Å². The van der Waals surface area contributed by atoms with Crippen molar-refractivity contribution >= 4 is 41.2 Å². The van der Waals surface area contributed by atoms with Crippen LogP contribution in [0.5, 0.6) is 0 Å². The summed E-state index contributed by atoms with van der Waals surface area (Å²) in [5.41, 5.74) is 4.18. The number of hydrogen-bond acceptors (Lipinski definition) is 11. The molecule has 14 nitrogen and oxygen atoms in total. The van der Waals surface area contributed by atoms with Crippen LogP contribution in [0.2, 0.25) is 0 Å². The zero-order chi connectivity index (χ0) is 32.2. The Hall–Kier alpha value is -4.37. The number of nitrogens with one attached hydrogen (secondary N) is 2. The number of carbonyl (C=O) groups excluding carboxylic acids is 5. The fourth-order valence-corrected chi connectivity index (χ4v) is 4.94. The minimum Gasteiger partial charge on any atom is -0.432 e. The molecular weight excluding hydrogens is 590 g/mol. The Kier molecular flexibility index (Phi) is 12.4. The third kappa shape index (κ3) is 9.31. The second-order valence-corrected chi connectivity index (χ2v) is 10.3. The summed E-state index contributed by atoms with van der Waals surface area (Å²) in [5, 5.41) is 6.04. The van der Waals surface area contributed by atoms with Gasteiger partial charge >= 0.3 is 6.16 Å². The number of methoxy groups -OCH3 is 2. The van der Waals surface area contributed by atoms with E-state index in [1.165, 1.54) is 0 Å². The highest BCUT2D eigenvalue weighted by atomic mass is 16.8. The van der Waals surface area contributed by atoms with E-state index in [1.807, 2.05) is 12.1 Å². The molecule has 0 atom stereocenters. The lowest BCUT2D eigenvalue weighted by molar-refractivity contribution is -0.177. The van der Waals surface area contributed by atoms with E-state index in [0.717, 1.165) is 22.3 Å². The van der Waals surface area contributed by atoms with Crippen LogP contribution in [-0.2, 0) is 47.7 Å². The molecule has 2 aliphatic rings. The maximum absolute atomic E-state index is 12.5. The Labute approximate surface area is 260 Å². The van der Waals surface area contributed by atoms with Gasteiger partial charge in [-0.05, 0) is 59.4 Å². The van der Waals surface area contributed by atoms with Crippen molar-refractivity contribution in [2.75, 3.05) is 71.1 Å². The molecule has 1 fully saturated rings. The first kappa shape index (κ1) is 33.5. The minimum absolute atomic E-state index is 0.0468. The van der Waals surface area contributed by atoms with Crippen molar-refractivity contribution in [2.24, 2.45) is 0 Å². The molecule has 0 unspecified atom stereocenters. The number of imide groups is 1. The molecule has 1 aliphatic carbocycles. The van der Waals surface area contributed by atoms with Gasteiger partial charge in [-0.3, -0.25) is 24.0 Å². The number of fused-ring (bicyclic) bond motifs is 3. The molecule has 2 aromatic carbocycles. The molecule has 2 aromatic rings. The van der Waals surface area contributed by atoms with Crippen LogP contribution in [0.15, 0.2) is 36.4 Å². The molecule has 0 spiro atoms. The van der Waals surface area contributed by atoms with Crippen LogP contribution in [0.25, 0.3) is 11.1 Å². The molecule has 4 rings (SSSR count). The Morgan fingerprint density at radius 1 is 0.756 bits per heavy atom. The summed E-state index contributed by atoms with van der Waals surface area (Å²) in [6, 6.07) is 10.7. The standard InChI is InChI=1S/C31H37N3O11/c1-40-11-3-13-42-18-27(35)32-20-5-7-22-23-8-6-21(33-28(36)19-43-14-4-12-41-2)16-25(23)26(24(22)15-20)17-44-31(39)45-34-29(37)9-10-30(34)38/h5-8,15-16,26H,3-4,9-14,17-19H2,1-2H3,(H,32,35)(H,33,36). The molecular formula is C31H37N3O11. The van der Waals surface area contributed by atoms with Gasteiger partial charge in [0.1, 0.15) is 19.8 Å². The molecule has 1 saturated heterocycles. The SMILES string of the molecule is COCCCOCC(=O)Nc1ccc2c(c1)C(COC(=O)ON1C(=O)CCC1=O)c1cc(NC(=O)COCCCOC)ccc1-2. The molecule has 14 heteroatoms. The summed E-state index contributed by atoms with van der Waals surface area (Å²) < 4.78 is 26.1. The van der Waals surface area contributed by atoms with E-state index in [9.17, 15) is 24.0 Å². The van der Waals surface area contributed by atoms with Crippen LogP contribution in [0, 0.1) is 0 Å². The van der Waals surface area contributed by atoms with E-state index in [-0.39, 0.29) is 44.5 Å². The summed E-state index contributed by atoms with van der Waals surface area (Å²) >= 11 is 0. The number of carbonyl (C=O) groups is 5. The van der Waals surface area contributed by atoms with Gasteiger partial charge in [-0.1, -0.05) is 17.2 Å². The van der Waals surface area contributed by atoms with Crippen LogP contribution in [-0.4, -0.2) is 95.3 Å². The topological polar surface area (TPSA) is 168 Å². The van der Waals surface area contributed by atoms with Crippen molar-refractivity contribution in [1.82, 2.24) is 5.06 Å². The summed E-state index contributed by atoms with van der Waals surface area (Å²) in [5.74, 6) is -2.46. The van der Waals surface area contributed by atoms with Crippen molar-refractivity contribution in [3.05, 3.63) is 47.5 Å². The van der Waals surface area contributed by atoms with Crippen LogP contribution in [0.3, 0.4) is 0 Å². The molecule has 0 saturated carbocycles. The van der Waals surface area contributed by atoms with Crippen molar-refractivity contribution in [3.63, 3.8) is 0 Å². The van der Waals surface area contributed by atoms with E-state index in [4.69, 9.17) is 28.5 Å². The fourth-order valence-electron chi connectivity index (χ4n) is 4.94. The van der Waals surface area contributed by atoms with Crippen LogP contribution in [0.1, 0.15) is 42.7 Å². The number of hydrogen-bond donors (Lipinski definition) is 2. The highest BCUT2D eigenvalue weighted by Gasteiger charge is 2.35. The van der Waals surface area contributed by atoms with Gasteiger partial charge in [-0.25, -0.2) is 4.79 Å². The first-order valence-electron chi connectivity index (χ1n) is 14.5. The lowest BCUT2D eigenvalue weighted by atomic mass is 9.97. The highest BCUT2D eigenvalue weighted by molar-refractivity contribution is 6.01. The summed E-state index contributed by atoms with van der Waals surface area (Å²) in [6.45, 7) is 1.34. The maximum atomic E-state index is 12.5. The number of hydroxylamine groups is 2. The third-order valence-corrected chi connectivity index (χ3v) is 6.99. The van der Waals surface area contributed by atoms with Gasteiger partial charge in [0.05, 0.1) is 0 Å². The van der Waals surface area contributed by atoms with E-state index < -0.39 is 23.9 Å². The molecule has 0 radical (unpaired) electrons. The third-order valence-electron chi connectivity index (χ3n) is 6.99. The quantitative estimate of drug-likeness (QED) is 0.150.